The van der Waals surface area contributed by atoms with Crippen molar-refractivity contribution in [2.45, 2.75) is 18.2 Å². The summed E-state index contributed by atoms with van der Waals surface area (Å²) in [4.78, 5) is 15.4. The molecule has 22 heavy (non-hydrogen) atoms. The third-order valence-electron chi connectivity index (χ3n) is 2.97. The van der Waals surface area contributed by atoms with Crippen molar-refractivity contribution in [2.24, 2.45) is 0 Å². The molecule has 1 aromatic carbocycles. The van der Waals surface area contributed by atoms with Crippen molar-refractivity contribution < 1.29 is 28.2 Å². The Kier molecular flexibility index (Phi) is 4.69. The molecule has 0 aliphatic carbocycles. The van der Waals surface area contributed by atoms with Crippen LogP contribution in [0.15, 0.2) is 24.3 Å². The summed E-state index contributed by atoms with van der Waals surface area (Å²) < 4.78 is 40.3. The van der Waals surface area contributed by atoms with Crippen molar-refractivity contribution in [2.75, 3.05) is 13.2 Å². The van der Waals surface area contributed by atoms with Gasteiger partial charge >= 0.3 is 6.18 Å². The van der Waals surface area contributed by atoms with E-state index in [9.17, 15) is 23.1 Å². The molecule has 120 valence electrons. The summed E-state index contributed by atoms with van der Waals surface area (Å²) in [5.74, 6) is -1.02. The number of aliphatic hydroxyl groups is 2. The van der Waals surface area contributed by atoms with E-state index in [-0.39, 0.29) is 6.54 Å². The molecule has 0 aliphatic heterocycles. The summed E-state index contributed by atoms with van der Waals surface area (Å²) in [5, 5.41) is 20.2. The van der Waals surface area contributed by atoms with Crippen molar-refractivity contribution in [3.63, 3.8) is 0 Å². The monoisotopic (exact) mass is 334 g/mol. The number of alkyl halides is 3. The molecular formula is C13H13F3N2O3S. The lowest BCUT2D eigenvalue weighted by Crippen LogP contribution is -2.46. The standard InChI is InChI=1S/C13H13F3N2O3S/c14-13(15,16)12(21,7-10(20)17-5-6-19)11-18-8-3-1-2-4-9(8)22-11/h1-4,19,21H,5-7H2,(H,17,20). The van der Waals surface area contributed by atoms with Gasteiger partial charge in [-0.25, -0.2) is 4.98 Å². The average molecular weight is 334 g/mol. The van der Waals surface area contributed by atoms with Crippen molar-refractivity contribution in [3.05, 3.63) is 29.3 Å². The number of nitrogens with zero attached hydrogens (tertiary/aromatic N) is 1. The highest BCUT2D eigenvalue weighted by molar-refractivity contribution is 7.18. The number of para-hydroxylation sites is 1. The highest BCUT2D eigenvalue weighted by Gasteiger charge is 2.58. The summed E-state index contributed by atoms with van der Waals surface area (Å²) in [6.07, 6.45) is -6.27. The van der Waals surface area contributed by atoms with E-state index in [4.69, 9.17) is 5.11 Å². The Hall–Kier alpha value is -1.71. The fourth-order valence-corrected chi connectivity index (χ4v) is 2.91. The van der Waals surface area contributed by atoms with Gasteiger partial charge in [0.15, 0.2) is 0 Å². The van der Waals surface area contributed by atoms with Crippen LogP contribution >= 0.6 is 11.3 Å². The second-order valence-electron chi connectivity index (χ2n) is 4.60. The maximum atomic E-state index is 13.3. The predicted molar refractivity (Wildman–Crippen MR) is 74.3 cm³/mol. The molecule has 0 fully saturated rings. The fourth-order valence-electron chi connectivity index (χ4n) is 1.84. The minimum atomic E-state index is -5.06. The van der Waals surface area contributed by atoms with Crippen LogP contribution in [0.4, 0.5) is 13.2 Å². The Bertz CT molecular complexity index is 641. The maximum Gasteiger partial charge on any atom is 0.424 e. The number of rotatable bonds is 5. The van der Waals surface area contributed by atoms with Gasteiger partial charge in [-0.05, 0) is 12.1 Å². The van der Waals surface area contributed by atoms with Crippen LogP contribution in [-0.2, 0) is 10.4 Å². The SMILES string of the molecule is O=C(CC(O)(c1nc2ccccc2s1)C(F)(F)F)NCCO. The van der Waals surface area contributed by atoms with Gasteiger partial charge in [-0.15, -0.1) is 11.3 Å². The molecule has 0 saturated heterocycles. The normalized spacial score (nSPS) is 14.8. The number of aliphatic hydroxyl groups excluding tert-OH is 1. The number of halogens is 3. The molecule has 3 N–H and O–H groups in total. The number of carbonyl (C=O) groups is 1. The van der Waals surface area contributed by atoms with E-state index in [0.717, 1.165) is 0 Å². The lowest BCUT2D eigenvalue weighted by Gasteiger charge is -2.27. The van der Waals surface area contributed by atoms with Gasteiger partial charge in [-0.3, -0.25) is 4.79 Å². The quantitative estimate of drug-likeness (QED) is 0.775. The third kappa shape index (κ3) is 3.21. The highest BCUT2D eigenvalue weighted by Crippen LogP contribution is 2.44. The van der Waals surface area contributed by atoms with E-state index in [2.05, 4.69) is 10.3 Å². The van der Waals surface area contributed by atoms with Crippen LogP contribution in [-0.4, -0.2) is 40.4 Å². The fraction of sp³-hybridized carbons (Fsp3) is 0.385. The molecule has 0 saturated carbocycles. The van der Waals surface area contributed by atoms with E-state index in [1.54, 1.807) is 18.2 Å². The van der Waals surface area contributed by atoms with E-state index >= 15 is 0 Å². The van der Waals surface area contributed by atoms with Crippen LogP contribution in [0.2, 0.25) is 0 Å². The molecule has 5 nitrogen and oxygen atoms in total. The van der Waals surface area contributed by atoms with Gasteiger partial charge in [-0.2, -0.15) is 13.2 Å². The molecular weight excluding hydrogens is 321 g/mol. The first-order valence-electron chi connectivity index (χ1n) is 6.30. The molecule has 2 rings (SSSR count). The van der Waals surface area contributed by atoms with Gasteiger partial charge < -0.3 is 15.5 Å². The number of fused-ring (bicyclic) bond motifs is 1. The van der Waals surface area contributed by atoms with Crippen molar-refractivity contribution in [3.8, 4) is 0 Å². The van der Waals surface area contributed by atoms with Gasteiger partial charge in [0, 0.05) is 6.54 Å². The first-order chi connectivity index (χ1) is 10.3. The van der Waals surface area contributed by atoms with Gasteiger partial charge in [0.2, 0.25) is 11.5 Å². The first kappa shape index (κ1) is 16.7. The summed E-state index contributed by atoms with van der Waals surface area (Å²) in [7, 11) is 0. The number of nitrogens with one attached hydrogen (secondary N) is 1. The topological polar surface area (TPSA) is 82.5 Å². The number of hydrogen-bond acceptors (Lipinski definition) is 5. The van der Waals surface area contributed by atoms with Gasteiger partial charge in [0.05, 0.1) is 23.2 Å². The minimum absolute atomic E-state index is 0.188. The highest BCUT2D eigenvalue weighted by atomic mass is 32.1. The Morgan fingerprint density at radius 2 is 2.00 bits per heavy atom. The van der Waals surface area contributed by atoms with Crippen molar-refractivity contribution in [1.82, 2.24) is 10.3 Å². The lowest BCUT2D eigenvalue weighted by atomic mass is 9.99. The average Bonchev–Trinajstić information content (AvgIpc) is 2.88. The number of amides is 1. The van der Waals surface area contributed by atoms with Crippen LogP contribution in [0.3, 0.4) is 0 Å². The van der Waals surface area contributed by atoms with Gasteiger partial charge in [0.1, 0.15) is 5.01 Å². The summed E-state index contributed by atoms with van der Waals surface area (Å²) >= 11 is 0.686. The van der Waals surface area contributed by atoms with Crippen LogP contribution in [0.25, 0.3) is 10.2 Å². The van der Waals surface area contributed by atoms with Crippen LogP contribution < -0.4 is 5.32 Å². The molecule has 0 bridgehead atoms. The zero-order chi connectivity index (χ0) is 16.4. The second kappa shape index (κ2) is 6.19. The number of aromatic nitrogens is 1. The summed E-state index contributed by atoms with van der Waals surface area (Å²) in [5.41, 5.74) is -3.04. The molecule has 0 aliphatic rings. The number of hydrogen-bond donors (Lipinski definition) is 3. The van der Waals surface area contributed by atoms with Crippen LogP contribution in [0.1, 0.15) is 11.4 Å². The van der Waals surface area contributed by atoms with Gasteiger partial charge in [0.25, 0.3) is 0 Å². The largest absolute Gasteiger partial charge is 0.424 e. The van der Waals surface area contributed by atoms with E-state index in [0.29, 0.717) is 21.6 Å². The minimum Gasteiger partial charge on any atom is -0.395 e. The van der Waals surface area contributed by atoms with Gasteiger partial charge in [-0.1, -0.05) is 12.1 Å². The van der Waals surface area contributed by atoms with Crippen LogP contribution in [0.5, 0.6) is 0 Å². The van der Waals surface area contributed by atoms with Crippen LogP contribution in [0, 0.1) is 0 Å². The molecule has 0 radical (unpaired) electrons. The molecule has 9 heteroatoms. The molecule has 1 atom stereocenters. The summed E-state index contributed by atoms with van der Waals surface area (Å²) in [6.45, 7) is -0.593. The molecule has 1 amide bonds. The van der Waals surface area contributed by atoms with Crippen molar-refractivity contribution in [1.29, 1.82) is 0 Å². The van der Waals surface area contributed by atoms with E-state index in [1.807, 2.05) is 0 Å². The smallest absolute Gasteiger partial charge is 0.395 e. The van der Waals surface area contributed by atoms with E-state index < -0.39 is 35.7 Å². The van der Waals surface area contributed by atoms with Crippen molar-refractivity contribution >= 4 is 27.5 Å². The molecule has 0 spiro atoms. The molecule has 2 aromatic rings. The van der Waals surface area contributed by atoms with E-state index in [1.165, 1.54) is 6.07 Å². The molecule has 1 aromatic heterocycles. The number of carbonyl (C=O) groups excluding carboxylic acids is 1. The second-order valence-corrected chi connectivity index (χ2v) is 5.63. The number of thiazole rings is 1. The summed E-state index contributed by atoms with van der Waals surface area (Å²) in [6, 6.07) is 6.37. The maximum absolute atomic E-state index is 13.3. The zero-order valence-electron chi connectivity index (χ0n) is 11.2. The number of benzene rings is 1. The predicted octanol–water partition coefficient (Wildman–Crippen LogP) is 1.54. The Balaban J connectivity index is 2.38. The third-order valence-corrected chi connectivity index (χ3v) is 4.15. The first-order valence-corrected chi connectivity index (χ1v) is 7.12. The zero-order valence-corrected chi connectivity index (χ0v) is 12.0. The molecule has 1 unspecified atom stereocenters. The Morgan fingerprint density at radius 1 is 1.32 bits per heavy atom. The molecule has 1 heterocycles. The Morgan fingerprint density at radius 3 is 2.59 bits per heavy atom. The Labute approximate surface area is 127 Å². The lowest BCUT2D eigenvalue weighted by molar-refractivity contribution is -0.267.